The van der Waals surface area contributed by atoms with Gasteiger partial charge in [0.1, 0.15) is 5.60 Å². The minimum absolute atomic E-state index is 0.234. The predicted molar refractivity (Wildman–Crippen MR) is 95.7 cm³/mol. The summed E-state index contributed by atoms with van der Waals surface area (Å²) in [4.78, 5) is 14.2. The van der Waals surface area contributed by atoms with Crippen LogP contribution in [0.15, 0.2) is 0 Å². The second kappa shape index (κ2) is 10.1. The molecular formula is C18H38N2O3. The molecule has 2 N–H and O–H groups in total. The molecule has 1 atom stereocenters. The van der Waals surface area contributed by atoms with Crippen molar-refractivity contribution in [3.8, 4) is 0 Å². The number of hydrogen-bond acceptors (Lipinski definition) is 4. The van der Waals surface area contributed by atoms with E-state index in [0.717, 1.165) is 32.4 Å². The number of aliphatic hydroxyl groups excluding tert-OH is 1. The Bertz CT molecular complexity index is 326. The Morgan fingerprint density at radius 1 is 1.17 bits per heavy atom. The zero-order chi connectivity index (χ0) is 18.1. The van der Waals surface area contributed by atoms with Gasteiger partial charge in [0.25, 0.3) is 0 Å². The zero-order valence-electron chi connectivity index (χ0n) is 16.2. The Labute approximate surface area is 142 Å². The summed E-state index contributed by atoms with van der Waals surface area (Å²) in [6.45, 7) is 16.3. The van der Waals surface area contributed by atoms with Gasteiger partial charge in [-0.05, 0) is 66.8 Å². The third kappa shape index (κ3) is 10.6. The Kier molecular flexibility index (Phi) is 9.78. The smallest absolute Gasteiger partial charge is 0.410 e. The molecule has 0 saturated heterocycles. The Morgan fingerprint density at radius 2 is 1.78 bits per heavy atom. The first-order chi connectivity index (χ1) is 10.5. The number of carbonyl (C=O) groups is 1. The normalized spacial score (nSPS) is 13.7. The van der Waals surface area contributed by atoms with Crippen LogP contribution in [-0.4, -0.2) is 53.5 Å². The highest BCUT2D eigenvalue weighted by Gasteiger charge is 2.30. The number of amides is 1. The average Bonchev–Trinajstić information content (AvgIpc) is 2.34. The van der Waals surface area contributed by atoms with E-state index < -0.39 is 5.60 Å². The van der Waals surface area contributed by atoms with E-state index in [1.165, 1.54) is 0 Å². The number of nitrogens with zero attached hydrogens (tertiary/aromatic N) is 1. The lowest BCUT2D eigenvalue weighted by Gasteiger charge is -2.37. The molecule has 0 aliphatic carbocycles. The largest absolute Gasteiger partial charge is 0.444 e. The number of hydrogen-bond donors (Lipinski definition) is 2. The average molecular weight is 331 g/mol. The number of aliphatic hydroxyl groups is 1. The molecule has 0 aliphatic rings. The van der Waals surface area contributed by atoms with Crippen molar-refractivity contribution in [2.45, 2.75) is 78.9 Å². The van der Waals surface area contributed by atoms with Crippen LogP contribution in [-0.2, 0) is 4.74 Å². The van der Waals surface area contributed by atoms with Gasteiger partial charge in [0.2, 0.25) is 0 Å². The lowest BCUT2D eigenvalue weighted by Crippen LogP contribution is -2.50. The Morgan fingerprint density at radius 3 is 2.22 bits per heavy atom. The number of rotatable bonds is 9. The van der Waals surface area contributed by atoms with Crippen molar-refractivity contribution in [1.29, 1.82) is 0 Å². The van der Waals surface area contributed by atoms with E-state index in [1.807, 2.05) is 41.5 Å². The van der Waals surface area contributed by atoms with Crippen LogP contribution < -0.4 is 5.32 Å². The molecule has 0 aromatic heterocycles. The van der Waals surface area contributed by atoms with E-state index >= 15 is 0 Å². The summed E-state index contributed by atoms with van der Waals surface area (Å²) in [5.74, 6) is 0.495. The standard InChI is InChI=1S/C18H38N2O3/c1-8-9-15(10-13-21)14-19-11-12-20(17(2,3)4)16(22)23-18(5,6)7/h15,19,21H,8-14H2,1-7H3. The van der Waals surface area contributed by atoms with E-state index in [4.69, 9.17) is 9.84 Å². The third-order valence-electron chi connectivity index (χ3n) is 3.60. The van der Waals surface area contributed by atoms with Gasteiger partial charge in [0.05, 0.1) is 0 Å². The SMILES string of the molecule is CCCC(CCO)CNCCN(C(=O)OC(C)(C)C)C(C)(C)C. The molecular weight excluding hydrogens is 292 g/mol. The fourth-order valence-electron chi connectivity index (χ4n) is 2.45. The summed E-state index contributed by atoms with van der Waals surface area (Å²) in [6, 6.07) is 0. The van der Waals surface area contributed by atoms with Crippen molar-refractivity contribution in [1.82, 2.24) is 10.2 Å². The second-order valence-corrected chi connectivity index (χ2v) is 8.17. The number of carbonyl (C=O) groups excluding carboxylic acids is 1. The molecule has 0 heterocycles. The van der Waals surface area contributed by atoms with Gasteiger partial charge in [-0.3, -0.25) is 0 Å². The maximum Gasteiger partial charge on any atom is 0.410 e. The quantitative estimate of drug-likeness (QED) is 0.636. The summed E-state index contributed by atoms with van der Waals surface area (Å²) < 4.78 is 5.51. The van der Waals surface area contributed by atoms with Gasteiger partial charge < -0.3 is 20.1 Å². The molecule has 0 aliphatic heterocycles. The van der Waals surface area contributed by atoms with Crippen molar-refractivity contribution in [2.24, 2.45) is 5.92 Å². The molecule has 1 unspecified atom stereocenters. The van der Waals surface area contributed by atoms with Crippen molar-refractivity contribution in [3.05, 3.63) is 0 Å². The van der Waals surface area contributed by atoms with Crippen molar-refractivity contribution >= 4 is 6.09 Å². The van der Waals surface area contributed by atoms with Crippen molar-refractivity contribution in [2.75, 3.05) is 26.2 Å². The van der Waals surface area contributed by atoms with Gasteiger partial charge in [0, 0.05) is 25.2 Å². The molecule has 0 aromatic carbocycles. The predicted octanol–water partition coefficient (Wildman–Crippen LogP) is 3.41. The monoisotopic (exact) mass is 330 g/mol. The number of ether oxygens (including phenoxy) is 1. The van der Waals surface area contributed by atoms with Crippen LogP contribution in [0.4, 0.5) is 4.79 Å². The molecule has 5 heteroatoms. The third-order valence-corrected chi connectivity index (χ3v) is 3.60. The van der Waals surface area contributed by atoms with Gasteiger partial charge in [-0.1, -0.05) is 13.3 Å². The molecule has 0 fully saturated rings. The highest BCUT2D eigenvalue weighted by molar-refractivity contribution is 5.69. The molecule has 0 saturated carbocycles. The maximum atomic E-state index is 12.4. The highest BCUT2D eigenvalue weighted by Crippen LogP contribution is 2.18. The molecule has 0 rings (SSSR count). The van der Waals surface area contributed by atoms with E-state index in [1.54, 1.807) is 4.90 Å². The lowest BCUT2D eigenvalue weighted by atomic mass is 10.0. The first-order valence-electron chi connectivity index (χ1n) is 8.83. The fraction of sp³-hybridized carbons (Fsp3) is 0.944. The van der Waals surface area contributed by atoms with Gasteiger partial charge in [0.15, 0.2) is 0 Å². The molecule has 5 nitrogen and oxygen atoms in total. The lowest BCUT2D eigenvalue weighted by molar-refractivity contribution is 0.00659. The summed E-state index contributed by atoms with van der Waals surface area (Å²) in [6.07, 6.45) is 2.80. The van der Waals surface area contributed by atoms with E-state index in [2.05, 4.69) is 12.2 Å². The summed E-state index contributed by atoms with van der Waals surface area (Å²) >= 11 is 0. The minimum Gasteiger partial charge on any atom is -0.444 e. The van der Waals surface area contributed by atoms with E-state index in [0.29, 0.717) is 12.5 Å². The van der Waals surface area contributed by atoms with Gasteiger partial charge in [-0.25, -0.2) is 4.79 Å². The summed E-state index contributed by atoms with van der Waals surface area (Å²) in [7, 11) is 0. The molecule has 138 valence electrons. The van der Waals surface area contributed by atoms with Crippen LogP contribution in [0.1, 0.15) is 67.7 Å². The first kappa shape index (κ1) is 22.2. The molecule has 0 spiro atoms. The second-order valence-electron chi connectivity index (χ2n) is 8.17. The van der Waals surface area contributed by atoms with Gasteiger partial charge in [-0.2, -0.15) is 0 Å². The molecule has 1 amide bonds. The maximum absolute atomic E-state index is 12.4. The fourth-order valence-corrected chi connectivity index (χ4v) is 2.45. The van der Waals surface area contributed by atoms with Crippen LogP contribution in [0.25, 0.3) is 0 Å². The zero-order valence-corrected chi connectivity index (χ0v) is 16.2. The van der Waals surface area contributed by atoms with Gasteiger partial charge >= 0.3 is 6.09 Å². The summed E-state index contributed by atoms with van der Waals surface area (Å²) in [5.41, 5.74) is -0.765. The Balaban J connectivity index is 4.44. The van der Waals surface area contributed by atoms with E-state index in [9.17, 15) is 4.79 Å². The Hall–Kier alpha value is -0.810. The van der Waals surface area contributed by atoms with Crippen LogP contribution >= 0.6 is 0 Å². The molecule has 0 aromatic rings. The van der Waals surface area contributed by atoms with Gasteiger partial charge in [-0.15, -0.1) is 0 Å². The number of nitrogens with one attached hydrogen (secondary N) is 1. The first-order valence-corrected chi connectivity index (χ1v) is 8.83. The van der Waals surface area contributed by atoms with E-state index in [-0.39, 0.29) is 18.2 Å². The summed E-state index contributed by atoms with van der Waals surface area (Å²) in [5, 5.41) is 12.5. The molecule has 0 bridgehead atoms. The topological polar surface area (TPSA) is 61.8 Å². The van der Waals surface area contributed by atoms with Crippen LogP contribution in [0.3, 0.4) is 0 Å². The molecule has 23 heavy (non-hydrogen) atoms. The van der Waals surface area contributed by atoms with Crippen LogP contribution in [0.2, 0.25) is 0 Å². The van der Waals surface area contributed by atoms with Crippen LogP contribution in [0, 0.1) is 5.92 Å². The van der Waals surface area contributed by atoms with Crippen molar-refractivity contribution < 1.29 is 14.6 Å². The minimum atomic E-state index is -0.485. The molecule has 0 radical (unpaired) electrons. The highest BCUT2D eigenvalue weighted by atomic mass is 16.6. The van der Waals surface area contributed by atoms with Crippen LogP contribution in [0.5, 0.6) is 0 Å². The van der Waals surface area contributed by atoms with Crippen molar-refractivity contribution in [3.63, 3.8) is 0 Å².